The Morgan fingerprint density at radius 2 is 1.50 bits per heavy atom. The molecule has 18 heavy (non-hydrogen) atoms. The highest BCUT2D eigenvalue weighted by Crippen LogP contribution is 2.52. The van der Waals surface area contributed by atoms with Gasteiger partial charge >= 0.3 is 8.53 Å². The third-order valence-corrected chi connectivity index (χ3v) is 4.88. The Kier molecular flexibility index (Phi) is 3.11. The molecule has 0 amide bonds. The SMILES string of the molecule is CCN(CC)P1Oc2cccc3cccc(c23)O1. The smallest absolute Gasteiger partial charge is 0.384 e. The van der Waals surface area contributed by atoms with Crippen LogP contribution in [0.1, 0.15) is 13.8 Å². The van der Waals surface area contributed by atoms with Gasteiger partial charge in [0.25, 0.3) is 0 Å². The van der Waals surface area contributed by atoms with E-state index < -0.39 is 8.53 Å². The lowest BCUT2D eigenvalue weighted by atomic mass is 10.1. The quantitative estimate of drug-likeness (QED) is 0.774. The highest BCUT2D eigenvalue weighted by molar-refractivity contribution is 7.45. The minimum absolute atomic E-state index is 0.931. The molecule has 0 aliphatic carbocycles. The molecule has 1 heterocycles. The molecule has 0 aromatic heterocycles. The van der Waals surface area contributed by atoms with Crippen LogP contribution in [0.25, 0.3) is 10.8 Å². The second-order valence-corrected chi connectivity index (χ2v) is 5.58. The van der Waals surface area contributed by atoms with Gasteiger partial charge in [0.15, 0.2) is 0 Å². The number of hydrogen-bond donors (Lipinski definition) is 0. The van der Waals surface area contributed by atoms with Crippen molar-refractivity contribution in [2.45, 2.75) is 13.8 Å². The molecule has 0 radical (unpaired) electrons. The Balaban J connectivity index is 2.05. The Hall–Kier alpha value is -1.31. The molecule has 0 spiro atoms. The van der Waals surface area contributed by atoms with Gasteiger partial charge in [-0.25, -0.2) is 4.67 Å². The maximum atomic E-state index is 6.02. The molecule has 2 aromatic carbocycles. The molecule has 0 saturated carbocycles. The van der Waals surface area contributed by atoms with Crippen LogP contribution >= 0.6 is 8.53 Å². The second kappa shape index (κ2) is 4.75. The van der Waals surface area contributed by atoms with Crippen molar-refractivity contribution in [1.82, 2.24) is 4.67 Å². The van der Waals surface area contributed by atoms with Crippen LogP contribution in [0, 0.1) is 0 Å². The monoisotopic (exact) mass is 261 g/mol. The maximum Gasteiger partial charge on any atom is 0.384 e. The topological polar surface area (TPSA) is 21.7 Å². The number of benzene rings is 2. The lowest BCUT2D eigenvalue weighted by molar-refractivity contribution is 0.366. The van der Waals surface area contributed by atoms with Crippen molar-refractivity contribution in [2.24, 2.45) is 0 Å². The van der Waals surface area contributed by atoms with Crippen LogP contribution in [-0.2, 0) is 0 Å². The van der Waals surface area contributed by atoms with Crippen molar-refractivity contribution >= 4 is 19.3 Å². The van der Waals surface area contributed by atoms with Crippen LogP contribution in [0.5, 0.6) is 11.5 Å². The van der Waals surface area contributed by atoms with Crippen molar-refractivity contribution in [3.8, 4) is 11.5 Å². The highest BCUT2D eigenvalue weighted by atomic mass is 31.2. The molecule has 0 atom stereocenters. The van der Waals surface area contributed by atoms with Crippen molar-refractivity contribution in [2.75, 3.05) is 13.1 Å². The first-order valence-electron chi connectivity index (χ1n) is 6.26. The minimum atomic E-state index is -1.01. The van der Waals surface area contributed by atoms with E-state index in [4.69, 9.17) is 9.05 Å². The summed E-state index contributed by atoms with van der Waals surface area (Å²) in [5, 5.41) is 2.25. The summed E-state index contributed by atoms with van der Waals surface area (Å²) in [5.74, 6) is 1.87. The van der Waals surface area contributed by atoms with Gasteiger partial charge < -0.3 is 9.05 Å². The zero-order valence-corrected chi connectivity index (χ0v) is 11.5. The van der Waals surface area contributed by atoms with E-state index in [0.717, 1.165) is 30.0 Å². The second-order valence-electron chi connectivity index (χ2n) is 4.17. The fraction of sp³-hybridized carbons (Fsp3) is 0.286. The molecule has 4 heteroatoms. The fourth-order valence-electron chi connectivity index (χ4n) is 2.18. The summed E-state index contributed by atoms with van der Waals surface area (Å²) in [6, 6.07) is 12.3. The molecular weight excluding hydrogens is 245 g/mol. The van der Waals surface area contributed by atoms with Gasteiger partial charge in [0.1, 0.15) is 11.5 Å². The summed E-state index contributed by atoms with van der Waals surface area (Å²) >= 11 is 0. The number of hydrogen-bond acceptors (Lipinski definition) is 3. The van der Waals surface area contributed by atoms with Crippen molar-refractivity contribution < 1.29 is 9.05 Å². The van der Waals surface area contributed by atoms with Crippen LogP contribution in [0.2, 0.25) is 0 Å². The zero-order chi connectivity index (χ0) is 12.5. The van der Waals surface area contributed by atoms with Gasteiger partial charge in [-0.05, 0) is 17.5 Å². The lowest BCUT2D eigenvalue weighted by Gasteiger charge is -2.31. The molecule has 94 valence electrons. The van der Waals surface area contributed by atoms with E-state index in [2.05, 4.69) is 30.7 Å². The van der Waals surface area contributed by atoms with E-state index in [1.165, 1.54) is 5.39 Å². The molecule has 2 aromatic rings. The van der Waals surface area contributed by atoms with Crippen LogP contribution in [-0.4, -0.2) is 17.8 Å². The zero-order valence-electron chi connectivity index (χ0n) is 10.6. The Bertz CT molecular complexity index is 528. The van der Waals surface area contributed by atoms with Crippen LogP contribution in [0.4, 0.5) is 0 Å². The molecule has 3 nitrogen and oxygen atoms in total. The van der Waals surface area contributed by atoms with E-state index in [-0.39, 0.29) is 0 Å². The summed E-state index contributed by atoms with van der Waals surface area (Å²) < 4.78 is 14.2. The van der Waals surface area contributed by atoms with Gasteiger partial charge in [-0.15, -0.1) is 0 Å². The first-order chi connectivity index (χ1) is 8.83. The van der Waals surface area contributed by atoms with Gasteiger partial charge in [0.2, 0.25) is 0 Å². The predicted molar refractivity (Wildman–Crippen MR) is 75.0 cm³/mol. The molecule has 1 aliphatic rings. The summed E-state index contributed by atoms with van der Waals surface area (Å²) in [5.41, 5.74) is 0. The van der Waals surface area contributed by atoms with Gasteiger partial charge in [-0.3, -0.25) is 0 Å². The summed E-state index contributed by atoms with van der Waals surface area (Å²) in [6.45, 7) is 6.11. The summed E-state index contributed by atoms with van der Waals surface area (Å²) in [7, 11) is -1.01. The predicted octanol–water partition coefficient (Wildman–Crippen LogP) is 4.18. The van der Waals surface area contributed by atoms with E-state index in [1.54, 1.807) is 0 Å². The average molecular weight is 261 g/mol. The van der Waals surface area contributed by atoms with Crippen LogP contribution in [0.15, 0.2) is 36.4 Å². The normalized spacial score (nSPS) is 14.6. The average Bonchev–Trinajstić information content (AvgIpc) is 2.41. The Morgan fingerprint density at radius 1 is 0.944 bits per heavy atom. The molecule has 3 rings (SSSR count). The third-order valence-electron chi connectivity index (χ3n) is 3.14. The van der Waals surface area contributed by atoms with Gasteiger partial charge in [-0.2, -0.15) is 0 Å². The van der Waals surface area contributed by atoms with E-state index >= 15 is 0 Å². The molecule has 1 aliphatic heterocycles. The molecular formula is C14H16NO2P. The van der Waals surface area contributed by atoms with Crippen LogP contribution < -0.4 is 9.05 Å². The third kappa shape index (κ3) is 1.84. The summed E-state index contributed by atoms with van der Waals surface area (Å²) in [4.78, 5) is 0. The van der Waals surface area contributed by atoms with E-state index in [0.29, 0.717) is 0 Å². The Labute approximate surface area is 108 Å². The van der Waals surface area contributed by atoms with Crippen LogP contribution in [0.3, 0.4) is 0 Å². The van der Waals surface area contributed by atoms with E-state index in [1.807, 2.05) is 24.3 Å². The van der Waals surface area contributed by atoms with Crippen molar-refractivity contribution in [3.63, 3.8) is 0 Å². The fourth-order valence-corrected chi connectivity index (χ4v) is 3.55. The molecule has 0 bridgehead atoms. The van der Waals surface area contributed by atoms with E-state index in [9.17, 15) is 0 Å². The van der Waals surface area contributed by atoms with Gasteiger partial charge in [0.05, 0.1) is 5.39 Å². The minimum Gasteiger partial charge on any atom is -0.426 e. The summed E-state index contributed by atoms with van der Waals surface area (Å²) in [6.07, 6.45) is 0. The number of rotatable bonds is 3. The number of nitrogens with zero attached hydrogens (tertiary/aromatic N) is 1. The first-order valence-corrected chi connectivity index (χ1v) is 7.39. The van der Waals surface area contributed by atoms with Gasteiger partial charge in [-0.1, -0.05) is 38.1 Å². The first kappa shape index (κ1) is 11.8. The maximum absolute atomic E-state index is 6.02. The molecule has 0 saturated heterocycles. The van der Waals surface area contributed by atoms with Gasteiger partial charge in [0, 0.05) is 13.1 Å². The van der Waals surface area contributed by atoms with Crippen molar-refractivity contribution in [3.05, 3.63) is 36.4 Å². The largest absolute Gasteiger partial charge is 0.426 e. The highest BCUT2D eigenvalue weighted by Gasteiger charge is 2.28. The molecule has 0 fully saturated rings. The molecule has 0 N–H and O–H groups in total. The van der Waals surface area contributed by atoms with Crippen molar-refractivity contribution in [1.29, 1.82) is 0 Å². The molecule has 0 unspecified atom stereocenters. The standard InChI is InChI=1S/C14H16NO2P/c1-3-15(4-2)18-16-12-9-5-7-11-8-6-10-13(17-18)14(11)12/h5-10H,3-4H2,1-2H3. The Morgan fingerprint density at radius 3 is 2.00 bits per heavy atom. The lowest BCUT2D eigenvalue weighted by Crippen LogP contribution is -2.23.